The number of nitrogens with zero attached hydrogens (tertiary/aromatic N) is 4. The molecule has 0 radical (unpaired) electrons. The van der Waals surface area contributed by atoms with Gasteiger partial charge in [0.05, 0.1) is 23.7 Å². The van der Waals surface area contributed by atoms with Crippen LogP contribution in [0.5, 0.6) is 0 Å². The van der Waals surface area contributed by atoms with E-state index in [1.54, 1.807) is 29.4 Å². The van der Waals surface area contributed by atoms with Gasteiger partial charge in [-0.25, -0.2) is 17.9 Å². The number of aromatic nitrogens is 3. The molecule has 0 spiro atoms. The average molecular weight is 336 g/mol. The van der Waals surface area contributed by atoms with Crippen molar-refractivity contribution in [3.63, 3.8) is 0 Å². The Balaban J connectivity index is 2.02. The summed E-state index contributed by atoms with van der Waals surface area (Å²) in [5.41, 5.74) is 0.653. The third-order valence-corrected chi connectivity index (χ3v) is 5.83. The smallest absolute Gasteiger partial charge is 0.272 e. The zero-order chi connectivity index (χ0) is 16.8. The molecule has 1 aliphatic rings. The summed E-state index contributed by atoms with van der Waals surface area (Å²) in [7, 11) is -3.12. The van der Waals surface area contributed by atoms with Gasteiger partial charge in [-0.15, -0.1) is 0 Å². The van der Waals surface area contributed by atoms with Crippen LogP contribution in [0, 0.1) is 5.41 Å². The average Bonchev–Trinajstić information content (AvgIpc) is 2.93. The van der Waals surface area contributed by atoms with Gasteiger partial charge in [-0.3, -0.25) is 4.79 Å². The highest BCUT2D eigenvalue weighted by molar-refractivity contribution is 7.91. The minimum Gasteiger partial charge on any atom is -0.332 e. The van der Waals surface area contributed by atoms with Crippen LogP contribution >= 0.6 is 0 Å². The van der Waals surface area contributed by atoms with Crippen LogP contribution in [0.25, 0.3) is 5.65 Å². The molecule has 8 heteroatoms. The number of hydrogen-bond acceptors (Lipinski definition) is 5. The van der Waals surface area contributed by atoms with Gasteiger partial charge in [0.1, 0.15) is 5.69 Å². The predicted octanol–water partition coefficient (Wildman–Crippen LogP) is 1.01. The van der Waals surface area contributed by atoms with E-state index in [1.807, 2.05) is 20.8 Å². The minimum absolute atomic E-state index is 0.00134. The first-order valence-corrected chi connectivity index (χ1v) is 9.31. The Morgan fingerprint density at radius 2 is 2.00 bits per heavy atom. The lowest BCUT2D eigenvalue weighted by Crippen LogP contribution is -2.56. The highest BCUT2D eigenvalue weighted by atomic mass is 32.2. The van der Waals surface area contributed by atoms with E-state index in [-0.39, 0.29) is 35.4 Å². The molecule has 0 N–H and O–H groups in total. The van der Waals surface area contributed by atoms with Gasteiger partial charge >= 0.3 is 0 Å². The van der Waals surface area contributed by atoms with Crippen LogP contribution in [0.15, 0.2) is 24.5 Å². The molecule has 2 aromatic heterocycles. The molecular formula is C15H20N4O3S. The zero-order valence-corrected chi connectivity index (χ0v) is 14.2. The summed E-state index contributed by atoms with van der Waals surface area (Å²) >= 11 is 0. The van der Waals surface area contributed by atoms with E-state index < -0.39 is 9.84 Å². The Hall–Kier alpha value is -1.96. The van der Waals surface area contributed by atoms with Gasteiger partial charge in [0.25, 0.3) is 5.91 Å². The number of hydrogen-bond donors (Lipinski definition) is 0. The van der Waals surface area contributed by atoms with Crippen molar-refractivity contribution in [2.75, 3.05) is 18.1 Å². The van der Waals surface area contributed by atoms with E-state index >= 15 is 0 Å². The van der Waals surface area contributed by atoms with Gasteiger partial charge in [-0.05, 0) is 11.5 Å². The molecule has 124 valence electrons. The van der Waals surface area contributed by atoms with Crippen LogP contribution in [0.3, 0.4) is 0 Å². The van der Waals surface area contributed by atoms with Crippen molar-refractivity contribution >= 4 is 21.4 Å². The summed E-state index contributed by atoms with van der Waals surface area (Å²) in [5, 5.41) is 4.14. The van der Waals surface area contributed by atoms with Crippen LogP contribution in [0.1, 0.15) is 31.3 Å². The molecule has 0 aromatic carbocycles. The molecule has 1 atom stereocenters. The quantitative estimate of drug-likeness (QED) is 0.776. The first-order valence-electron chi connectivity index (χ1n) is 7.49. The zero-order valence-electron chi connectivity index (χ0n) is 13.4. The Labute approximate surface area is 135 Å². The fraction of sp³-hybridized carbons (Fsp3) is 0.533. The number of carbonyl (C=O) groups is 1. The van der Waals surface area contributed by atoms with E-state index in [2.05, 4.69) is 10.1 Å². The van der Waals surface area contributed by atoms with Crippen molar-refractivity contribution < 1.29 is 13.2 Å². The van der Waals surface area contributed by atoms with E-state index in [9.17, 15) is 13.2 Å². The van der Waals surface area contributed by atoms with Crippen LogP contribution in [-0.4, -0.2) is 57.9 Å². The third kappa shape index (κ3) is 2.95. The standard InChI is InChI=1S/C15H20N4O3S/c1-15(2,3)12-10-23(21,22)9-8-18(12)14(20)11-4-6-16-13-5-7-17-19(11)13/h4-7,12H,8-10H2,1-3H3. The van der Waals surface area contributed by atoms with Crippen molar-refractivity contribution in [2.24, 2.45) is 5.41 Å². The fourth-order valence-electron chi connectivity index (χ4n) is 2.91. The summed E-state index contributed by atoms with van der Waals surface area (Å²) in [5.74, 6) is -0.218. The van der Waals surface area contributed by atoms with Gasteiger partial charge in [0.2, 0.25) is 0 Å². The first kappa shape index (κ1) is 15.9. The maximum absolute atomic E-state index is 13.0. The highest BCUT2D eigenvalue weighted by Gasteiger charge is 2.41. The molecule has 3 heterocycles. The van der Waals surface area contributed by atoms with Crippen molar-refractivity contribution in [3.05, 3.63) is 30.2 Å². The molecule has 7 nitrogen and oxygen atoms in total. The SMILES string of the molecule is CC(C)(C)C1CS(=O)(=O)CCN1C(=O)c1ccnc2ccnn12. The second-order valence-electron chi connectivity index (χ2n) is 6.93. The molecule has 1 saturated heterocycles. The van der Waals surface area contributed by atoms with Crippen LogP contribution in [0.4, 0.5) is 0 Å². The van der Waals surface area contributed by atoms with E-state index in [0.29, 0.717) is 11.3 Å². The van der Waals surface area contributed by atoms with Crippen LogP contribution in [0.2, 0.25) is 0 Å². The van der Waals surface area contributed by atoms with Gasteiger partial charge in [-0.1, -0.05) is 20.8 Å². The van der Waals surface area contributed by atoms with Gasteiger partial charge < -0.3 is 4.90 Å². The predicted molar refractivity (Wildman–Crippen MR) is 85.9 cm³/mol. The van der Waals surface area contributed by atoms with Crippen molar-refractivity contribution in [2.45, 2.75) is 26.8 Å². The molecule has 3 rings (SSSR count). The second kappa shape index (κ2) is 5.30. The lowest BCUT2D eigenvalue weighted by molar-refractivity contribution is 0.0553. The number of fused-ring (bicyclic) bond motifs is 1. The van der Waals surface area contributed by atoms with E-state index in [1.165, 1.54) is 4.52 Å². The van der Waals surface area contributed by atoms with Crippen LogP contribution < -0.4 is 0 Å². The molecule has 1 fully saturated rings. The Morgan fingerprint density at radius 3 is 2.70 bits per heavy atom. The van der Waals surface area contributed by atoms with Crippen LogP contribution in [-0.2, 0) is 9.84 Å². The largest absolute Gasteiger partial charge is 0.332 e. The third-order valence-electron chi connectivity index (χ3n) is 4.20. The molecule has 0 saturated carbocycles. The highest BCUT2D eigenvalue weighted by Crippen LogP contribution is 2.29. The first-order chi connectivity index (χ1) is 10.7. The summed E-state index contributed by atoms with van der Waals surface area (Å²) in [6, 6.07) is 2.97. The number of carbonyl (C=O) groups excluding carboxylic acids is 1. The van der Waals surface area contributed by atoms with Crippen molar-refractivity contribution in [3.8, 4) is 0 Å². The fourth-order valence-corrected chi connectivity index (χ4v) is 4.71. The lowest BCUT2D eigenvalue weighted by atomic mass is 9.86. The molecule has 1 amide bonds. The molecule has 0 bridgehead atoms. The van der Waals surface area contributed by atoms with E-state index in [0.717, 1.165) is 0 Å². The molecule has 1 unspecified atom stereocenters. The molecule has 1 aliphatic heterocycles. The van der Waals surface area contributed by atoms with Gasteiger partial charge in [0, 0.05) is 18.8 Å². The molecule has 0 aliphatic carbocycles. The molecule has 23 heavy (non-hydrogen) atoms. The number of amides is 1. The minimum atomic E-state index is -3.12. The molecule has 2 aromatic rings. The number of sulfone groups is 1. The Kier molecular flexibility index (Phi) is 3.66. The summed E-state index contributed by atoms with van der Waals surface area (Å²) in [6.45, 7) is 6.06. The lowest BCUT2D eigenvalue weighted by Gasteiger charge is -2.42. The second-order valence-corrected chi connectivity index (χ2v) is 9.15. The Bertz CT molecular complexity index is 851. The van der Waals surface area contributed by atoms with Crippen molar-refractivity contribution in [1.82, 2.24) is 19.5 Å². The summed E-state index contributed by atoms with van der Waals surface area (Å²) < 4.78 is 25.5. The number of rotatable bonds is 1. The summed E-state index contributed by atoms with van der Waals surface area (Å²) in [4.78, 5) is 18.8. The van der Waals surface area contributed by atoms with Crippen molar-refractivity contribution in [1.29, 1.82) is 0 Å². The van der Waals surface area contributed by atoms with Gasteiger partial charge in [-0.2, -0.15) is 5.10 Å². The normalized spacial score (nSPS) is 21.5. The topological polar surface area (TPSA) is 84.6 Å². The molecular weight excluding hydrogens is 316 g/mol. The summed E-state index contributed by atoms with van der Waals surface area (Å²) in [6.07, 6.45) is 3.15. The maximum atomic E-state index is 13.0. The Morgan fingerprint density at radius 1 is 1.26 bits per heavy atom. The van der Waals surface area contributed by atoms with Gasteiger partial charge in [0.15, 0.2) is 15.5 Å². The van der Waals surface area contributed by atoms with E-state index in [4.69, 9.17) is 0 Å². The monoisotopic (exact) mass is 336 g/mol. The maximum Gasteiger partial charge on any atom is 0.272 e.